The highest BCUT2D eigenvalue weighted by Gasteiger charge is 2.15. The van der Waals surface area contributed by atoms with Crippen LogP contribution in [0.15, 0.2) is 40.1 Å². The zero-order valence-corrected chi connectivity index (χ0v) is 16.3. The molecular weight excluding hydrogens is 378 g/mol. The third-order valence-corrected chi connectivity index (χ3v) is 5.57. The number of aromatic nitrogens is 4. The Morgan fingerprint density at radius 2 is 1.96 bits per heavy atom. The largest absolute Gasteiger partial charge is 0.332 e. The van der Waals surface area contributed by atoms with E-state index in [0.29, 0.717) is 5.13 Å². The highest BCUT2D eigenvalue weighted by molar-refractivity contribution is 7.22. The van der Waals surface area contributed by atoms with Gasteiger partial charge in [0.1, 0.15) is 5.65 Å². The number of nitrogens with one attached hydrogen (secondary N) is 1. The number of hydrogen-bond donors (Lipinski definition) is 1. The molecule has 8 nitrogen and oxygen atoms in total. The molecule has 0 saturated carbocycles. The molecule has 0 unspecified atom stereocenters. The molecule has 1 N–H and O–H groups in total. The van der Waals surface area contributed by atoms with Gasteiger partial charge in [0.25, 0.3) is 11.5 Å². The lowest BCUT2D eigenvalue weighted by molar-refractivity contribution is 0.102. The van der Waals surface area contributed by atoms with E-state index in [4.69, 9.17) is 0 Å². The summed E-state index contributed by atoms with van der Waals surface area (Å²) >= 11 is 1.39. The summed E-state index contributed by atoms with van der Waals surface area (Å²) in [6.45, 7) is 2.08. The lowest BCUT2D eigenvalue weighted by Crippen LogP contribution is -2.37. The van der Waals surface area contributed by atoms with Crippen molar-refractivity contribution in [2.75, 3.05) is 5.32 Å². The predicted octanol–water partition coefficient (Wildman–Crippen LogP) is 2.06. The monoisotopic (exact) mass is 395 g/mol. The summed E-state index contributed by atoms with van der Waals surface area (Å²) in [7, 11) is 2.92. The number of anilines is 1. The van der Waals surface area contributed by atoms with Gasteiger partial charge in [0.15, 0.2) is 5.13 Å². The molecule has 0 aliphatic rings. The maximum Gasteiger partial charge on any atom is 0.332 e. The molecule has 142 valence electrons. The Morgan fingerprint density at radius 3 is 2.71 bits per heavy atom. The molecule has 0 aliphatic heterocycles. The van der Waals surface area contributed by atoms with E-state index in [1.54, 1.807) is 0 Å². The Bertz CT molecular complexity index is 1370. The summed E-state index contributed by atoms with van der Waals surface area (Å²) in [6.07, 6.45) is 2.27. The first-order valence-corrected chi connectivity index (χ1v) is 9.47. The first kappa shape index (κ1) is 18.1. The van der Waals surface area contributed by atoms with Gasteiger partial charge in [-0.3, -0.25) is 24.0 Å². The maximum atomic E-state index is 12.6. The van der Waals surface area contributed by atoms with Gasteiger partial charge in [-0.25, -0.2) is 14.8 Å². The molecule has 4 rings (SSSR count). The van der Waals surface area contributed by atoms with Crippen molar-refractivity contribution in [1.29, 1.82) is 0 Å². The average molecular weight is 395 g/mol. The van der Waals surface area contributed by atoms with Crippen LogP contribution in [-0.4, -0.2) is 25.0 Å². The van der Waals surface area contributed by atoms with Crippen LogP contribution in [0.1, 0.15) is 22.8 Å². The maximum absolute atomic E-state index is 12.6. The fourth-order valence-electron chi connectivity index (χ4n) is 3.00. The number of hydrogen-bond acceptors (Lipinski definition) is 6. The van der Waals surface area contributed by atoms with Crippen LogP contribution in [0.25, 0.3) is 21.3 Å². The Morgan fingerprint density at radius 1 is 1.18 bits per heavy atom. The highest BCUT2D eigenvalue weighted by atomic mass is 32.1. The number of nitrogens with zero attached hydrogens (tertiary/aromatic N) is 4. The molecule has 28 heavy (non-hydrogen) atoms. The summed E-state index contributed by atoms with van der Waals surface area (Å²) in [6, 6.07) is 7.45. The lowest BCUT2D eigenvalue weighted by atomic mass is 10.2. The number of aryl methyl sites for hydroxylation is 2. The highest BCUT2D eigenvalue weighted by Crippen LogP contribution is 2.27. The van der Waals surface area contributed by atoms with Crippen molar-refractivity contribution in [3.63, 3.8) is 0 Å². The smallest absolute Gasteiger partial charge is 0.298 e. The summed E-state index contributed by atoms with van der Waals surface area (Å²) < 4.78 is 3.26. The first-order valence-electron chi connectivity index (χ1n) is 8.65. The van der Waals surface area contributed by atoms with Gasteiger partial charge in [-0.1, -0.05) is 24.3 Å². The second kappa shape index (κ2) is 6.68. The normalized spacial score (nSPS) is 11.2. The Balaban J connectivity index is 1.71. The number of pyridine rings is 1. The second-order valence-electron chi connectivity index (χ2n) is 6.43. The van der Waals surface area contributed by atoms with E-state index < -0.39 is 17.2 Å². The summed E-state index contributed by atoms with van der Waals surface area (Å²) in [5, 5.41) is 3.44. The Hall–Kier alpha value is -3.33. The molecule has 0 saturated heterocycles. The van der Waals surface area contributed by atoms with E-state index in [2.05, 4.69) is 28.3 Å². The van der Waals surface area contributed by atoms with Gasteiger partial charge in [-0.05, 0) is 30.2 Å². The minimum Gasteiger partial charge on any atom is -0.298 e. The van der Waals surface area contributed by atoms with Crippen molar-refractivity contribution < 1.29 is 4.79 Å². The fourth-order valence-corrected chi connectivity index (χ4v) is 3.93. The third kappa shape index (κ3) is 2.89. The van der Waals surface area contributed by atoms with Crippen molar-refractivity contribution in [1.82, 2.24) is 19.1 Å². The zero-order valence-electron chi connectivity index (χ0n) is 15.5. The van der Waals surface area contributed by atoms with E-state index in [1.165, 1.54) is 47.8 Å². The molecule has 4 aromatic rings. The molecule has 3 aromatic heterocycles. The molecule has 9 heteroatoms. The Kier molecular flexibility index (Phi) is 4.31. The van der Waals surface area contributed by atoms with Crippen molar-refractivity contribution in [3.8, 4) is 0 Å². The van der Waals surface area contributed by atoms with E-state index >= 15 is 0 Å². The standard InChI is InChI=1S/C19H17N5O3S/c1-4-10-5-6-13-14(7-10)28-18(21-13)22-16(25)11-8-12-15(20-9-11)23(2)19(27)24(3)17(12)26/h5-9H,4H2,1-3H3,(H,21,22,25). The van der Waals surface area contributed by atoms with Crippen LogP contribution in [0.3, 0.4) is 0 Å². The van der Waals surface area contributed by atoms with Crippen LogP contribution in [0, 0.1) is 0 Å². The number of fused-ring (bicyclic) bond motifs is 2. The predicted molar refractivity (Wildman–Crippen MR) is 109 cm³/mol. The molecule has 0 spiro atoms. The van der Waals surface area contributed by atoms with Gasteiger partial charge >= 0.3 is 5.69 Å². The van der Waals surface area contributed by atoms with Crippen molar-refractivity contribution in [2.45, 2.75) is 13.3 Å². The topological polar surface area (TPSA) is 98.9 Å². The van der Waals surface area contributed by atoms with Crippen molar-refractivity contribution in [2.24, 2.45) is 14.1 Å². The van der Waals surface area contributed by atoms with Crippen LogP contribution in [0.2, 0.25) is 0 Å². The number of carbonyl (C=O) groups is 1. The second-order valence-corrected chi connectivity index (χ2v) is 7.46. The summed E-state index contributed by atoms with van der Waals surface area (Å²) in [4.78, 5) is 45.6. The van der Waals surface area contributed by atoms with Gasteiger partial charge < -0.3 is 0 Å². The van der Waals surface area contributed by atoms with Crippen LogP contribution >= 0.6 is 11.3 Å². The molecule has 0 bridgehead atoms. The molecule has 1 amide bonds. The first-order chi connectivity index (χ1) is 13.4. The molecule has 3 heterocycles. The molecule has 0 fully saturated rings. The van der Waals surface area contributed by atoms with Gasteiger partial charge in [0, 0.05) is 20.3 Å². The molecular formula is C19H17N5O3S. The SMILES string of the molecule is CCc1ccc2nc(NC(=O)c3cnc4c(c3)c(=O)n(C)c(=O)n4C)sc2c1. The van der Waals surface area contributed by atoms with E-state index in [0.717, 1.165) is 21.2 Å². The summed E-state index contributed by atoms with van der Waals surface area (Å²) in [5.74, 6) is -0.417. The van der Waals surface area contributed by atoms with Gasteiger partial charge in [0.2, 0.25) is 0 Å². The van der Waals surface area contributed by atoms with E-state index in [1.807, 2.05) is 12.1 Å². The summed E-state index contributed by atoms with van der Waals surface area (Å²) in [5.41, 5.74) is 1.51. The number of rotatable bonds is 3. The molecule has 0 aliphatic carbocycles. The van der Waals surface area contributed by atoms with Crippen LogP contribution < -0.4 is 16.6 Å². The van der Waals surface area contributed by atoms with Crippen LogP contribution in [-0.2, 0) is 20.5 Å². The number of carbonyl (C=O) groups excluding carboxylic acids is 1. The average Bonchev–Trinajstić information content (AvgIpc) is 3.11. The molecule has 1 aromatic carbocycles. The van der Waals surface area contributed by atoms with Crippen LogP contribution in [0.4, 0.5) is 5.13 Å². The zero-order chi connectivity index (χ0) is 20.0. The number of thiazole rings is 1. The quantitative estimate of drug-likeness (QED) is 0.572. The lowest BCUT2D eigenvalue weighted by Gasteiger charge is -2.07. The third-order valence-electron chi connectivity index (χ3n) is 4.64. The number of benzene rings is 1. The molecule has 0 radical (unpaired) electrons. The van der Waals surface area contributed by atoms with Gasteiger partial charge in [0.05, 0.1) is 21.2 Å². The van der Waals surface area contributed by atoms with Gasteiger partial charge in [-0.15, -0.1) is 0 Å². The fraction of sp³-hybridized carbons (Fsp3) is 0.211. The minimum absolute atomic E-state index is 0.203. The minimum atomic E-state index is -0.493. The van der Waals surface area contributed by atoms with Gasteiger partial charge in [-0.2, -0.15) is 0 Å². The number of amides is 1. The van der Waals surface area contributed by atoms with E-state index in [-0.39, 0.29) is 16.6 Å². The molecule has 0 atom stereocenters. The van der Waals surface area contributed by atoms with Crippen molar-refractivity contribution >= 4 is 43.6 Å². The van der Waals surface area contributed by atoms with Crippen molar-refractivity contribution in [3.05, 3.63) is 62.4 Å². The van der Waals surface area contributed by atoms with Crippen LogP contribution in [0.5, 0.6) is 0 Å². The Labute approximate surface area is 163 Å². The van der Waals surface area contributed by atoms with E-state index in [9.17, 15) is 14.4 Å².